The number of methoxy groups -OCH3 is 2. The Kier molecular flexibility index (Phi) is 8.80. The Hall–Kier alpha value is -3.59. The molecule has 39 heavy (non-hydrogen) atoms. The number of nitrogen functional groups attached to an aromatic ring is 1. The molecule has 1 heterocycles. The summed E-state index contributed by atoms with van der Waals surface area (Å²) in [6, 6.07) is 10.2. The number of aromatic nitrogens is 2. The number of anilines is 3. The first-order chi connectivity index (χ1) is 18.4. The van der Waals surface area contributed by atoms with E-state index >= 15 is 0 Å². The summed E-state index contributed by atoms with van der Waals surface area (Å²) in [6.07, 6.45) is 6.13. The summed E-state index contributed by atoms with van der Waals surface area (Å²) in [5, 5.41) is 7.79. The van der Waals surface area contributed by atoms with Gasteiger partial charge in [0.25, 0.3) is 5.91 Å². The van der Waals surface area contributed by atoms with Crippen LogP contribution in [-0.4, -0.2) is 62.4 Å². The predicted molar refractivity (Wildman–Crippen MR) is 158 cm³/mol. The van der Waals surface area contributed by atoms with Gasteiger partial charge in [0.2, 0.25) is 5.95 Å². The minimum absolute atomic E-state index is 0. The van der Waals surface area contributed by atoms with E-state index in [-0.39, 0.29) is 31.5 Å². The van der Waals surface area contributed by atoms with E-state index < -0.39 is 0 Å². The standard InChI is InChI=1S/C29H38N6O3.CH4/c1-35(2)27-21-7-5-6-8-24(21)33-29(34-27)32-18-11-9-17(10-12-18)31-28(36)23-16-25(38-4)22-15-19(37-3)13-14-20(22)26(23)30;/h5-8,16-19H,9-15,30H2,1-4H3,(H,31,36)(H,32,33,34);1H4. The van der Waals surface area contributed by atoms with Crippen molar-refractivity contribution in [1.82, 2.24) is 15.3 Å². The molecule has 210 valence electrons. The number of para-hydroxylation sites is 1. The van der Waals surface area contributed by atoms with Crippen LogP contribution in [0.15, 0.2) is 30.3 Å². The molecular weight excluding hydrogens is 492 g/mol. The van der Waals surface area contributed by atoms with Crippen LogP contribution in [0.5, 0.6) is 5.75 Å². The molecule has 2 aliphatic carbocycles. The van der Waals surface area contributed by atoms with E-state index in [9.17, 15) is 4.79 Å². The summed E-state index contributed by atoms with van der Waals surface area (Å²) in [6.45, 7) is 0. The van der Waals surface area contributed by atoms with Crippen LogP contribution in [0, 0.1) is 0 Å². The lowest BCUT2D eigenvalue weighted by atomic mass is 9.85. The molecule has 0 bridgehead atoms. The number of ether oxygens (including phenoxy) is 2. The van der Waals surface area contributed by atoms with Crippen LogP contribution in [0.2, 0.25) is 0 Å². The lowest BCUT2D eigenvalue weighted by Crippen LogP contribution is -2.40. The van der Waals surface area contributed by atoms with Gasteiger partial charge in [0.15, 0.2) is 0 Å². The zero-order valence-electron chi connectivity index (χ0n) is 22.7. The molecule has 1 fully saturated rings. The molecule has 0 aliphatic heterocycles. The molecule has 3 aromatic rings. The van der Waals surface area contributed by atoms with Gasteiger partial charge in [0, 0.05) is 56.3 Å². The zero-order chi connectivity index (χ0) is 26.8. The van der Waals surface area contributed by atoms with Gasteiger partial charge in [-0.15, -0.1) is 0 Å². The first-order valence-corrected chi connectivity index (χ1v) is 13.4. The highest BCUT2D eigenvalue weighted by Gasteiger charge is 2.29. The van der Waals surface area contributed by atoms with Crippen LogP contribution < -0.4 is 26.0 Å². The molecule has 0 spiro atoms. The smallest absolute Gasteiger partial charge is 0.253 e. The number of carbonyl (C=O) groups is 1. The lowest BCUT2D eigenvalue weighted by Gasteiger charge is -2.31. The summed E-state index contributed by atoms with van der Waals surface area (Å²) in [7, 11) is 7.35. The topological polar surface area (TPSA) is 115 Å². The highest BCUT2D eigenvalue weighted by atomic mass is 16.5. The van der Waals surface area contributed by atoms with Crippen molar-refractivity contribution >= 4 is 34.3 Å². The number of rotatable bonds is 7. The zero-order valence-corrected chi connectivity index (χ0v) is 22.7. The number of nitrogens with one attached hydrogen (secondary N) is 2. The molecule has 4 N–H and O–H groups in total. The van der Waals surface area contributed by atoms with Crippen molar-refractivity contribution in [3.8, 4) is 5.75 Å². The van der Waals surface area contributed by atoms with Crippen molar-refractivity contribution < 1.29 is 14.3 Å². The van der Waals surface area contributed by atoms with E-state index in [0.717, 1.165) is 72.8 Å². The Labute approximate surface area is 231 Å². The largest absolute Gasteiger partial charge is 0.496 e. The van der Waals surface area contributed by atoms with Gasteiger partial charge in [-0.3, -0.25) is 4.79 Å². The fourth-order valence-corrected chi connectivity index (χ4v) is 5.78. The average molecular weight is 535 g/mol. The first-order valence-electron chi connectivity index (χ1n) is 13.4. The normalized spacial score (nSPS) is 20.5. The number of hydrogen-bond acceptors (Lipinski definition) is 8. The van der Waals surface area contributed by atoms with Crippen molar-refractivity contribution in [2.24, 2.45) is 0 Å². The van der Waals surface area contributed by atoms with E-state index in [0.29, 0.717) is 22.9 Å². The molecule has 1 atom stereocenters. The third-order valence-corrected chi connectivity index (χ3v) is 7.90. The van der Waals surface area contributed by atoms with Crippen LogP contribution >= 0.6 is 0 Å². The number of hydrogen-bond donors (Lipinski definition) is 3. The van der Waals surface area contributed by atoms with Gasteiger partial charge in [-0.1, -0.05) is 19.6 Å². The quantitative estimate of drug-likeness (QED) is 0.378. The second kappa shape index (κ2) is 12.1. The summed E-state index contributed by atoms with van der Waals surface area (Å²) in [5.41, 5.74) is 10.6. The molecule has 0 saturated heterocycles. The number of nitrogens with zero attached hydrogens (tertiary/aromatic N) is 3. The van der Waals surface area contributed by atoms with Gasteiger partial charge in [0.1, 0.15) is 11.6 Å². The van der Waals surface area contributed by atoms with E-state index in [4.69, 9.17) is 25.2 Å². The SMILES string of the molecule is C.COc1cc(C(=O)NC2CCC(Nc3nc(N(C)C)c4ccccc4n3)CC2)c(N)c2c1CC(OC)CC2. The van der Waals surface area contributed by atoms with Crippen LogP contribution in [0.1, 0.15) is 61.0 Å². The maximum atomic E-state index is 13.3. The third kappa shape index (κ3) is 5.88. The van der Waals surface area contributed by atoms with E-state index in [1.807, 2.05) is 43.3 Å². The molecule has 1 aromatic heterocycles. The Morgan fingerprint density at radius 1 is 1.03 bits per heavy atom. The highest BCUT2D eigenvalue weighted by molar-refractivity contribution is 6.01. The number of benzene rings is 2. The van der Waals surface area contributed by atoms with Crippen molar-refractivity contribution in [1.29, 1.82) is 0 Å². The molecule has 2 aromatic carbocycles. The molecule has 1 saturated carbocycles. The summed E-state index contributed by atoms with van der Waals surface area (Å²) in [5.74, 6) is 2.11. The second-order valence-electron chi connectivity index (χ2n) is 10.5. The molecule has 2 aliphatic rings. The monoisotopic (exact) mass is 534 g/mol. The highest BCUT2D eigenvalue weighted by Crippen LogP contribution is 2.37. The fourth-order valence-electron chi connectivity index (χ4n) is 5.78. The summed E-state index contributed by atoms with van der Waals surface area (Å²) >= 11 is 0. The molecule has 0 radical (unpaired) electrons. The van der Waals surface area contributed by atoms with Crippen molar-refractivity contribution in [2.75, 3.05) is 44.3 Å². The van der Waals surface area contributed by atoms with Crippen LogP contribution in [0.25, 0.3) is 10.9 Å². The number of fused-ring (bicyclic) bond motifs is 2. The van der Waals surface area contributed by atoms with E-state index in [2.05, 4.69) is 10.6 Å². The number of carbonyl (C=O) groups excluding carboxylic acids is 1. The van der Waals surface area contributed by atoms with Crippen molar-refractivity contribution in [2.45, 2.75) is 70.6 Å². The van der Waals surface area contributed by atoms with Gasteiger partial charge in [-0.2, -0.15) is 4.98 Å². The maximum absolute atomic E-state index is 13.3. The third-order valence-electron chi connectivity index (χ3n) is 7.90. The Morgan fingerprint density at radius 2 is 1.74 bits per heavy atom. The van der Waals surface area contributed by atoms with Crippen molar-refractivity contribution in [3.63, 3.8) is 0 Å². The first kappa shape index (κ1) is 28.4. The molecule has 1 unspecified atom stereocenters. The van der Waals surface area contributed by atoms with Crippen LogP contribution in [0.3, 0.4) is 0 Å². The van der Waals surface area contributed by atoms with Gasteiger partial charge in [0.05, 0.1) is 24.3 Å². The fraction of sp³-hybridized carbons (Fsp3) is 0.500. The summed E-state index contributed by atoms with van der Waals surface area (Å²) < 4.78 is 11.2. The second-order valence-corrected chi connectivity index (χ2v) is 10.5. The Balaban J connectivity index is 0.00000353. The minimum Gasteiger partial charge on any atom is -0.496 e. The number of amides is 1. The van der Waals surface area contributed by atoms with Gasteiger partial charge >= 0.3 is 0 Å². The Morgan fingerprint density at radius 3 is 2.44 bits per heavy atom. The van der Waals surface area contributed by atoms with Gasteiger partial charge in [-0.05, 0) is 62.3 Å². The molecule has 5 rings (SSSR count). The van der Waals surface area contributed by atoms with E-state index in [1.165, 1.54) is 0 Å². The predicted octanol–water partition coefficient (Wildman–Crippen LogP) is 4.58. The van der Waals surface area contributed by atoms with Gasteiger partial charge < -0.3 is 30.7 Å². The molecule has 9 nitrogen and oxygen atoms in total. The average Bonchev–Trinajstić information content (AvgIpc) is 2.93. The van der Waals surface area contributed by atoms with Gasteiger partial charge in [-0.25, -0.2) is 4.98 Å². The lowest BCUT2D eigenvalue weighted by molar-refractivity contribution is 0.0902. The molecule has 9 heteroatoms. The van der Waals surface area contributed by atoms with Crippen LogP contribution in [0.4, 0.5) is 17.5 Å². The van der Waals surface area contributed by atoms with E-state index in [1.54, 1.807) is 20.3 Å². The van der Waals surface area contributed by atoms with Crippen molar-refractivity contribution in [3.05, 3.63) is 47.0 Å². The minimum atomic E-state index is -0.137. The molecule has 1 amide bonds. The maximum Gasteiger partial charge on any atom is 0.253 e. The Bertz CT molecular complexity index is 1320. The number of nitrogens with two attached hydrogens (primary N) is 1. The van der Waals surface area contributed by atoms with Crippen LogP contribution in [-0.2, 0) is 17.6 Å². The molecular formula is C30H42N6O3. The summed E-state index contributed by atoms with van der Waals surface area (Å²) in [4.78, 5) is 24.8.